The molecule has 116 valence electrons. The summed E-state index contributed by atoms with van der Waals surface area (Å²) in [4.78, 5) is 23.0. The normalized spacial score (nSPS) is 11.6. The maximum Gasteiger partial charge on any atom is 0.308 e. The fourth-order valence-corrected chi connectivity index (χ4v) is 2.06. The van der Waals surface area contributed by atoms with Gasteiger partial charge >= 0.3 is 5.97 Å². The van der Waals surface area contributed by atoms with E-state index in [0.717, 1.165) is 0 Å². The Morgan fingerprint density at radius 1 is 1.33 bits per heavy atom. The number of hydrogen-bond donors (Lipinski definition) is 2. The summed E-state index contributed by atoms with van der Waals surface area (Å²) in [7, 11) is 2.88. The van der Waals surface area contributed by atoms with Gasteiger partial charge in [0.25, 0.3) is 5.91 Å². The van der Waals surface area contributed by atoms with E-state index in [2.05, 4.69) is 5.32 Å². The average molecular weight is 316 g/mol. The SMILES string of the molecule is CCC(CNC(=O)c1cc(Cl)c(OC)c(OC)c1)C(=O)O. The van der Waals surface area contributed by atoms with Crippen LogP contribution in [-0.4, -0.2) is 37.7 Å². The van der Waals surface area contributed by atoms with E-state index in [9.17, 15) is 9.59 Å². The van der Waals surface area contributed by atoms with Gasteiger partial charge in [0.05, 0.1) is 25.2 Å². The number of aliphatic carboxylic acids is 1. The predicted octanol–water partition coefficient (Wildman–Crippen LogP) is 2.20. The number of carboxylic acids is 1. The highest BCUT2D eigenvalue weighted by Gasteiger charge is 2.18. The molecule has 0 radical (unpaired) electrons. The minimum Gasteiger partial charge on any atom is -0.493 e. The van der Waals surface area contributed by atoms with Gasteiger partial charge < -0.3 is 19.9 Å². The molecule has 0 fully saturated rings. The van der Waals surface area contributed by atoms with Crippen molar-refractivity contribution in [3.05, 3.63) is 22.7 Å². The molecule has 0 aliphatic rings. The number of benzene rings is 1. The molecule has 1 aromatic carbocycles. The maximum absolute atomic E-state index is 12.0. The Bertz CT molecular complexity index is 532. The van der Waals surface area contributed by atoms with Crippen molar-refractivity contribution in [3.63, 3.8) is 0 Å². The Labute approximate surface area is 128 Å². The van der Waals surface area contributed by atoms with Crippen LogP contribution in [0.25, 0.3) is 0 Å². The van der Waals surface area contributed by atoms with Gasteiger partial charge in [-0.3, -0.25) is 9.59 Å². The summed E-state index contributed by atoms with van der Waals surface area (Å²) >= 11 is 6.02. The highest BCUT2D eigenvalue weighted by Crippen LogP contribution is 2.35. The highest BCUT2D eigenvalue weighted by atomic mass is 35.5. The first kappa shape index (κ1) is 17.1. The summed E-state index contributed by atoms with van der Waals surface area (Å²) < 4.78 is 10.2. The number of carbonyl (C=O) groups is 2. The van der Waals surface area contributed by atoms with E-state index in [1.165, 1.54) is 26.4 Å². The zero-order valence-corrected chi connectivity index (χ0v) is 12.9. The van der Waals surface area contributed by atoms with Gasteiger partial charge in [0, 0.05) is 12.1 Å². The number of hydrogen-bond acceptors (Lipinski definition) is 4. The van der Waals surface area contributed by atoms with Gasteiger partial charge in [-0.1, -0.05) is 18.5 Å². The van der Waals surface area contributed by atoms with Gasteiger partial charge in [-0.15, -0.1) is 0 Å². The summed E-state index contributed by atoms with van der Waals surface area (Å²) in [5.74, 6) is -1.31. The number of carbonyl (C=O) groups excluding carboxylic acids is 1. The van der Waals surface area contributed by atoms with Crippen LogP contribution in [0.3, 0.4) is 0 Å². The van der Waals surface area contributed by atoms with Crippen LogP contribution in [0.1, 0.15) is 23.7 Å². The molecule has 1 unspecified atom stereocenters. The molecule has 7 heteroatoms. The van der Waals surface area contributed by atoms with E-state index in [4.69, 9.17) is 26.2 Å². The number of carboxylic acid groups (broad SMARTS) is 1. The third-order valence-corrected chi connectivity index (χ3v) is 3.33. The molecule has 0 aliphatic heterocycles. The molecule has 1 aromatic rings. The first-order valence-electron chi connectivity index (χ1n) is 6.37. The van der Waals surface area contributed by atoms with Crippen molar-refractivity contribution >= 4 is 23.5 Å². The van der Waals surface area contributed by atoms with Crippen LogP contribution in [0.5, 0.6) is 11.5 Å². The van der Waals surface area contributed by atoms with E-state index in [1.807, 2.05) is 0 Å². The Morgan fingerprint density at radius 3 is 2.48 bits per heavy atom. The standard InChI is InChI=1S/C14H18ClNO5/c1-4-8(14(18)19)7-16-13(17)9-5-10(15)12(21-3)11(6-9)20-2/h5-6,8H,4,7H2,1-3H3,(H,16,17)(H,18,19). The van der Waals surface area contributed by atoms with Crippen molar-refractivity contribution < 1.29 is 24.2 Å². The van der Waals surface area contributed by atoms with Gasteiger partial charge in [-0.25, -0.2) is 0 Å². The molecule has 6 nitrogen and oxygen atoms in total. The molecular formula is C14H18ClNO5. The number of amides is 1. The molecule has 1 amide bonds. The van der Waals surface area contributed by atoms with E-state index in [1.54, 1.807) is 6.92 Å². The minimum absolute atomic E-state index is 0.0522. The van der Waals surface area contributed by atoms with E-state index in [-0.39, 0.29) is 17.1 Å². The number of nitrogens with one attached hydrogen (secondary N) is 1. The molecule has 0 bridgehead atoms. The molecule has 1 atom stereocenters. The molecule has 0 aromatic heterocycles. The second-order valence-corrected chi connectivity index (χ2v) is 4.75. The molecule has 21 heavy (non-hydrogen) atoms. The Balaban J connectivity index is 2.88. The van der Waals surface area contributed by atoms with Crippen molar-refractivity contribution in [1.29, 1.82) is 0 Å². The van der Waals surface area contributed by atoms with E-state index < -0.39 is 17.8 Å². The summed E-state index contributed by atoms with van der Waals surface area (Å²) in [6.45, 7) is 1.80. The first-order valence-corrected chi connectivity index (χ1v) is 6.74. The second-order valence-electron chi connectivity index (χ2n) is 4.35. The lowest BCUT2D eigenvalue weighted by molar-refractivity contribution is -0.141. The zero-order valence-electron chi connectivity index (χ0n) is 12.1. The molecule has 0 aliphatic carbocycles. The summed E-state index contributed by atoms with van der Waals surface area (Å²) in [6.07, 6.45) is 0.433. The van der Waals surface area contributed by atoms with Crippen LogP contribution in [-0.2, 0) is 4.79 Å². The molecule has 0 saturated heterocycles. The van der Waals surface area contributed by atoms with Gasteiger partial charge in [0.2, 0.25) is 0 Å². The lowest BCUT2D eigenvalue weighted by atomic mass is 10.1. The van der Waals surface area contributed by atoms with Crippen LogP contribution < -0.4 is 14.8 Å². The first-order chi connectivity index (χ1) is 9.94. The predicted molar refractivity (Wildman–Crippen MR) is 78.3 cm³/mol. The fourth-order valence-electron chi connectivity index (χ4n) is 1.77. The third kappa shape index (κ3) is 4.26. The van der Waals surface area contributed by atoms with Crippen LogP contribution in [0.2, 0.25) is 5.02 Å². The quantitative estimate of drug-likeness (QED) is 0.805. The Morgan fingerprint density at radius 2 is 2.00 bits per heavy atom. The third-order valence-electron chi connectivity index (χ3n) is 3.05. The summed E-state index contributed by atoms with van der Waals surface area (Å²) in [5, 5.41) is 11.8. The van der Waals surface area contributed by atoms with Gasteiger partial charge in [0.1, 0.15) is 0 Å². The van der Waals surface area contributed by atoms with Gasteiger partial charge in [0.15, 0.2) is 11.5 Å². The summed E-state index contributed by atoms with van der Waals surface area (Å²) in [5.41, 5.74) is 0.276. The molecule has 1 rings (SSSR count). The topological polar surface area (TPSA) is 84.9 Å². The van der Waals surface area contributed by atoms with Gasteiger partial charge in [-0.2, -0.15) is 0 Å². The van der Waals surface area contributed by atoms with Crippen molar-refractivity contribution in [2.45, 2.75) is 13.3 Å². The highest BCUT2D eigenvalue weighted by molar-refractivity contribution is 6.32. The molecule has 0 spiro atoms. The monoisotopic (exact) mass is 315 g/mol. The van der Waals surface area contributed by atoms with Crippen LogP contribution in [0.15, 0.2) is 12.1 Å². The van der Waals surface area contributed by atoms with E-state index >= 15 is 0 Å². The number of rotatable bonds is 7. The van der Waals surface area contributed by atoms with Crippen molar-refractivity contribution in [3.8, 4) is 11.5 Å². The van der Waals surface area contributed by atoms with Crippen LogP contribution in [0.4, 0.5) is 0 Å². The minimum atomic E-state index is -0.942. The number of methoxy groups -OCH3 is 2. The molecule has 2 N–H and O–H groups in total. The maximum atomic E-state index is 12.0. The number of ether oxygens (including phenoxy) is 2. The van der Waals surface area contributed by atoms with Crippen LogP contribution in [0, 0.1) is 5.92 Å². The van der Waals surface area contributed by atoms with E-state index in [0.29, 0.717) is 17.9 Å². The fraction of sp³-hybridized carbons (Fsp3) is 0.429. The zero-order chi connectivity index (χ0) is 16.0. The number of halogens is 1. The lowest BCUT2D eigenvalue weighted by Gasteiger charge is -2.13. The largest absolute Gasteiger partial charge is 0.493 e. The second kappa shape index (κ2) is 7.73. The van der Waals surface area contributed by atoms with Crippen molar-refractivity contribution in [1.82, 2.24) is 5.32 Å². The van der Waals surface area contributed by atoms with Crippen molar-refractivity contribution in [2.75, 3.05) is 20.8 Å². The lowest BCUT2D eigenvalue weighted by Crippen LogP contribution is -2.32. The van der Waals surface area contributed by atoms with Crippen LogP contribution >= 0.6 is 11.6 Å². The van der Waals surface area contributed by atoms with Gasteiger partial charge in [-0.05, 0) is 18.6 Å². The smallest absolute Gasteiger partial charge is 0.308 e. The summed E-state index contributed by atoms with van der Waals surface area (Å²) in [6, 6.07) is 2.93. The van der Waals surface area contributed by atoms with Crippen molar-refractivity contribution in [2.24, 2.45) is 5.92 Å². The average Bonchev–Trinajstić information content (AvgIpc) is 2.46. The Kier molecular flexibility index (Phi) is 6.30. The Hall–Kier alpha value is -1.95. The molecule has 0 saturated carbocycles. The molecule has 0 heterocycles. The molecular weight excluding hydrogens is 298 g/mol.